The molecule has 12 nitrogen and oxygen atoms in total. The molecule has 14 heteroatoms. The minimum atomic E-state index is -5.30. The van der Waals surface area contributed by atoms with Crippen LogP contribution in [0.5, 0.6) is 0 Å². The van der Waals surface area contributed by atoms with Gasteiger partial charge < -0.3 is 39.7 Å². The number of aliphatic hydroxyl groups is 3. The maximum absolute atomic E-state index is 10.7. The van der Waals surface area contributed by atoms with E-state index >= 15 is 0 Å². The molecule has 0 heterocycles. The van der Waals surface area contributed by atoms with Crippen LogP contribution in [-0.2, 0) is 23.0 Å². The monoisotopic (exact) mass is 340 g/mol. The van der Waals surface area contributed by atoms with Crippen molar-refractivity contribution in [3.05, 3.63) is 0 Å². The predicted octanol–water partition coefficient (Wildman–Crippen LogP) is -3.14. The minimum Gasteiger partial charge on any atom is -0.394 e. The second kappa shape index (κ2) is 7.69. The third-order valence-corrected chi connectivity index (χ3v) is 2.93. The zero-order valence-corrected chi connectivity index (χ0v) is 11.4. The zero-order valence-electron chi connectivity index (χ0n) is 9.66. The van der Waals surface area contributed by atoms with Gasteiger partial charge in [-0.25, -0.2) is 9.13 Å². The maximum atomic E-state index is 10.7. The molecule has 0 aliphatic carbocycles. The van der Waals surface area contributed by atoms with Crippen molar-refractivity contribution >= 4 is 21.9 Å². The molecule has 0 amide bonds. The Morgan fingerprint density at radius 3 is 1.75 bits per heavy atom. The van der Waals surface area contributed by atoms with Gasteiger partial charge in [0.2, 0.25) is 0 Å². The van der Waals surface area contributed by atoms with E-state index in [0.29, 0.717) is 0 Å². The van der Waals surface area contributed by atoms with Gasteiger partial charge in [-0.3, -0.25) is 9.05 Å². The van der Waals surface area contributed by atoms with Gasteiger partial charge in [0.25, 0.3) is 0 Å². The lowest BCUT2D eigenvalue weighted by atomic mass is 10.0. The molecular formula is C6H14O12P2. The molecule has 0 saturated carbocycles. The van der Waals surface area contributed by atoms with Crippen molar-refractivity contribution in [2.45, 2.75) is 24.4 Å². The van der Waals surface area contributed by atoms with Crippen LogP contribution in [0.15, 0.2) is 0 Å². The number of rotatable bonds is 9. The van der Waals surface area contributed by atoms with Crippen LogP contribution in [0.2, 0.25) is 0 Å². The number of hydrogen-bond acceptors (Lipinski definition) is 8. The molecule has 0 rings (SSSR count). The largest absolute Gasteiger partial charge is 0.470 e. The Morgan fingerprint density at radius 2 is 1.45 bits per heavy atom. The number of carbonyl (C=O) groups is 1. The van der Waals surface area contributed by atoms with E-state index in [0.717, 1.165) is 0 Å². The Morgan fingerprint density at radius 1 is 1.00 bits per heavy atom. The summed E-state index contributed by atoms with van der Waals surface area (Å²) in [6, 6.07) is 0. The predicted molar refractivity (Wildman–Crippen MR) is 59.0 cm³/mol. The summed E-state index contributed by atoms with van der Waals surface area (Å²) < 4.78 is 29.2. The number of phosphoric acid groups is 2. The summed E-state index contributed by atoms with van der Waals surface area (Å²) in [4.78, 5) is 44.9. The summed E-state index contributed by atoms with van der Waals surface area (Å²) >= 11 is 0. The smallest absolute Gasteiger partial charge is 0.394 e. The van der Waals surface area contributed by atoms with E-state index in [4.69, 9.17) is 29.8 Å². The fourth-order valence-corrected chi connectivity index (χ4v) is 2.17. The molecule has 4 atom stereocenters. The molecule has 0 radical (unpaired) electrons. The maximum Gasteiger partial charge on any atom is 0.470 e. The quantitative estimate of drug-likeness (QED) is 0.164. The minimum absolute atomic E-state index is 0.299. The molecule has 0 aromatic heterocycles. The van der Waals surface area contributed by atoms with Gasteiger partial charge in [0.1, 0.15) is 18.3 Å². The van der Waals surface area contributed by atoms with E-state index in [9.17, 15) is 19.0 Å². The topological polar surface area (TPSA) is 211 Å². The van der Waals surface area contributed by atoms with Crippen LogP contribution >= 0.6 is 15.6 Å². The molecular weight excluding hydrogens is 326 g/mol. The van der Waals surface area contributed by atoms with Crippen molar-refractivity contribution in [1.29, 1.82) is 0 Å². The Kier molecular flexibility index (Phi) is 7.60. The van der Waals surface area contributed by atoms with E-state index in [1.807, 2.05) is 0 Å². The molecule has 0 aromatic carbocycles. The molecule has 0 saturated heterocycles. The van der Waals surface area contributed by atoms with Crippen molar-refractivity contribution in [2.24, 2.45) is 0 Å². The number of aldehydes is 1. The first-order chi connectivity index (χ1) is 8.91. The van der Waals surface area contributed by atoms with Gasteiger partial charge in [0.05, 0.1) is 6.61 Å². The molecule has 20 heavy (non-hydrogen) atoms. The van der Waals surface area contributed by atoms with Gasteiger partial charge in [-0.05, 0) is 0 Å². The van der Waals surface area contributed by atoms with Gasteiger partial charge in [-0.2, -0.15) is 0 Å². The van der Waals surface area contributed by atoms with Crippen molar-refractivity contribution in [1.82, 2.24) is 0 Å². The number of aliphatic hydroxyl groups excluding tert-OH is 3. The fourth-order valence-electron chi connectivity index (χ4n) is 1.12. The van der Waals surface area contributed by atoms with Crippen LogP contribution in [0, 0.1) is 0 Å². The van der Waals surface area contributed by atoms with Crippen molar-refractivity contribution in [3.8, 4) is 0 Å². The first kappa shape index (κ1) is 19.8. The standard InChI is InChI=1S/C6H14O12P2/c7-1-3(9)5(10)6(18-20(14,15)16)4(2-8)17-19(11,12)13/h2-7,9-10H,1H2,(H2,11,12,13)(H2,14,15,16)/t3-,4-,5+,6-/m1/s1. The van der Waals surface area contributed by atoms with Crippen LogP contribution < -0.4 is 0 Å². The highest BCUT2D eigenvalue weighted by molar-refractivity contribution is 7.46. The average molecular weight is 340 g/mol. The first-order valence-electron chi connectivity index (χ1n) is 4.81. The second-order valence-corrected chi connectivity index (χ2v) is 5.88. The molecule has 0 aromatic rings. The van der Waals surface area contributed by atoms with Crippen molar-refractivity contribution in [2.75, 3.05) is 6.61 Å². The molecule has 120 valence electrons. The fraction of sp³-hybridized carbons (Fsp3) is 0.833. The normalized spacial score (nSPS) is 19.1. The number of hydrogen-bond donors (Lipinski definition) is 7. The Hall–Kier alpha value is -0.230. The lowest BCUT2D eigenvalue weighted by Gasteiger charge is -2.29. The summed E-state index contributed by atoms with van der Waals surface area (Å²) in [5.74, 6) is 0. The van der Waals surface area contributed by atoms with E-state index < -0.39 is 46.7 Å². The van der Waals surface area contributed by atoms with E-state index in [1.165, 1.54) is 0 Å². The summed E-state index contributed by atoms with van der Waals surface area (Å²) in [5, 5.41) is 27.2. The first-order valence-corrected chi connectivity index (χ1v) is 7.87. The van der Waals surface area contributed by atoms with Crippen LogP contribution in [0.3, 0.4) is 0 Å². The highest BCUT2D eigenvalue weighted by atomic mass is 31.2. The average Bonchev–Trinajstić information content (AvgIpc) is 2.29. The number of carbonyl (C=O) groups excluding carboxylic acids is 1. The molecule has 0 unspecified atom stereocenters. The third-order valence-electron chi connectivity index (χ3n) is 1.89. The van der Waals surface area contributed by atoms with Gasteiger partial charge in [0.15, 0.2) is 12.4 Å². The van der Waals surface area contributed by atoms with Crippen molar-refractivity contribution in [3.63, 3.8) is 0 Å². The second-order valence-electron chi connectivity index (χ2n) is 3.50. The van der Waals surface area contributed by atoms with Crippen LogP contribution in [0.4, 0.5) is 0 Å². The van der Waals surface area contributed by atoms with Gasteiger partial charge in [0, 0.05) is 0 Å². The summed E-state index contributed by atoms with van der Waals surface area (Å²) in [7, 11) is -10.6. The Labute approximate surface area is 112 Å². The van der Waals surface area contributed by atoms with Crippen LogP contribution in [0.1, 0.15) is 0 Å². The zero-order chi connectivity index (χ0) is 16.1. The molecule has 0 aliphatic rings. The summed E-state index contributed by atoms with van der Waals surface area (Å²) in [6.07, 6.45) is -9.21. The molecule has 7 N–H and O–H groups in total. The van der Waals surface area contributed by atoms with Gasteiger partial charge >= 0.3 is 15.6 Å². The van der Waals surface area contributed by atoms with Gasteiger partial charge in [-0.15, -0.1) is 0 Å². The van der Waals surface area contributed by atoms with E-state index in [1.54, 1.807) is 0 Å². The third kappa shape index (κ3) is 7.53. The van der Waals surface area contributed by atoms with Gasteiger partial charge in [-0.1, -0.05) is 0 Å². The molecule has 0 aliphatic heterocycles. The van der Waals surface area contributed by atoms with E-state index in [-0.39, 0.29) is 6.29 Å². The molecule has 0 fully saturated rings. The van der Waals surface area contributed by atoms with Crippen molar-refractivity contribution < 1.29 is 57.9 Å². The SMILES string of the molecule is O=C[C@@H](OP(=O)(O)O)[C@@H](OP(=O)(O)O)[C@@H](O)[C@H](O)CO. The van der Waals surface area contributed by atoms with Crippen LogP contribution in [0.25, 0.3) is 0 Å². The summed E-state index contributed by atoms with van der Waals surface area (Å²) in [6.45, 7) is -1.08. The summed E-state index contributed by atoms with van der Waals surface area (Å²) in [5.41, 5.74) is 0. The van der Waals surface area contributed by atoms with E-state index in [2.05, 4.69) is 9.05 Å². The lowest BCUT2D eigenvalue weighted by Crippen LogP contribution is -2.48. The number of phosphoric ester groups is 2. The van der Waals surface area contributed by atoms with Crippen LogP contribution in [-0.4, -0.2) is 72.2 Å². The Balaban J connectivity index is 5.31. The highest BCUT2D eigenvalue weighted by Crippen LogP contribution is 2.43. The lowest BCUT2D eigenvalue weighted by molar-refractivity contribution is -0.133. The molecule has 0 bridgehead atoms. The highest BCUT2D eigenvalue weighted by Gasteiger charge is 2.41. The Bertz CT molecular complexity index is 399. The molecule has 0 spiro atoms.